The fourth-order valence-corrected chi connectivity index (χ4v) is 3.99. The van der Waals surface area contributed by atoms with Crippen molar-refractivity contribution in [3.05, 3.63) is 34.9 Å². The monoisotopic (exact) mass is 393 g/mol. The number of hydrogen-bond donors (Lipinski definition) is 0. The number of ether oxygens (including phenoxy) is 1. The number of piperazine rings is 1. The standard InChI is InChI=1S/C20H28ClN3O3/c1-14-12-24(13-15(2)27-14)19(25)16(3)22-8-10-23(11-9-22)20(26)17-4-6-18(21)7-5-17/h4-7,14-16H,8-13H2,1-3H3. The van der Waals surface area contributed by atoms with E-state index < -0.39 is 0 Å². The number of amides is 2. The number of carbonyl (C=O) groups is 2. The second-order valence-electron chi connectivity index (χ2n) is 7.51. The summed E-state index contributed by atoms with van der Waals surface area (Å²) >= 11 is 5.89. The highest BCUT2D eigenvalue weighted by atomic mass is 35.5. The molecule has 3 rings (SSSR count). The molecule has 7 heteroatoms. The maximum Gasteiger partial charge on any atom is 0.253 e. The molecule has 27 heavy (non-hydrogen) atoms. The molecule has 0 aliphatic carbocycles. The van der Waals surface area contributed by atoms with Gasteiger partial charge >= 0.3 is 0 Å². The minimum atomic E-state index is -0.185. The molecule has 0 N–H and O–H groups in total. The minimum Gasteiger partial charge on any atom is -0.372 e. The van der Waals surface area contributed by atoms with E-state index in [1.165, 1.54) is 0 Å². The summed E-state index contributed by atoms with van der Waals surface area (Å²) < 4.78 is 5.72. The summed E-state index contributed by atoms with van der Waals surface area (Å²) in [5, 5.41) is 0.621. The van der Waals surface area contributed by atoms with Gasteiger partial charge in [0.05, 0.1) is 18.2 Å². The van der Waals surface area contributed by atoms with Crippen molar-refractivity contribution in [1.82, 2.24) is 14.7 Å². The molecule has 2 amide bonds. The Morgan fingerprint density at radius 2 is 1.56 bits per heavy atom. The largest absolute Gasteiger partial charge is 0.372 e. The molecule has 2 aliphatic heterocycles. The van der Waals surface area contributed by atoms with Crippen LogP contribution in [0.25, 0.3) is 0 Å². The third-order valence-electron chi connectivity index (χ3n) is 5.33. The molecule has 0 saturated carbocycles. The molecule has 6 nitrogen and oxygen atoms in total. The first kappa shape index (κ1) is 20.1. The van der Waals surface area contributed by atoms with Crippen molar-refractivity contribution in [1.29, 1.82) is 0 Å². The van der Waals surface area contributed by atoms with Crippen molar-refractivity contribution < 1.29 is 14.3 Å². The molecule has 148 valence electrons. The molecule has 0 radical (unpaired) electrons. The second kappa shape index (κ2) is 8.59. The van der Waals surface area contributed by atoms with Gasteiger partial charge < -0.3 is 14.5 Å². The molecule has 2 aliphatic rings. The molecule has 1 aromatic rings. The van der Waals surface area contributed by atoms with Crippen molar-refractivity contribution in [3.63, 3.8) is 0 Å². The van der Waals surface area contributed by atoms with Crippen LogP contribution in [0.3, 0.4) is 0 Å². The van der Waals surface area contributed by atoms with E-state index in [-0.39, 0.29) is 30.1 Å². The van der Waals surface area contributed by atoms with E-state index in [9.17, 15) is 9.59 Å². The van der Waals surface area contributed by atoms with E-state index in [2.05, 4.69) is 4.90 Å². The van der Waals surface area contributed by atoms with Crippen molar-refractivity contribution in [2.24, 2.45) is 0 Å². The fourth-order valence-electron chi connectivity index (χ4n) is 3.87. The summed E-state index contributed by atoms with van der Waals surface area (Å²) in [6.45, 7) is 9.88. The summed E-state index contributed by atoms with van der Waals surface area (Å²) in [7, 11) is 0. The third-order valence-corrected chi connectivity index (χ3v) is 5.58. The Hall–Kier alpha value is -1.63. The predicted octanol–water partition coefficient (Wildman–Crippen LogP) is 2.12. The normalized spacial score (nSPS) is 25.3. The number of hydrogen-bond acceptors (Lipinski definition) is 4. The highest BCUT2D eigenvalue weighted by Gasteiger charge is 2.33. The highest BCUT2D eigenvalue weighted by Crippen LogP contribution is 2.17. The maximum atomic E-state index is 12.9. The van der Waals surface area contributed by atoms with Crippen LogP contribution in [0, 0.1) is 0 Å². The lowest BCUT2D eigenvalue weighted by Gasteiger charge is -2.41. The molecular formula is C20H28ClN3O3. The number of morpholine rings is 1. The van der Waals surface area contributed by atoms with E-state index >= 15 is 0 Å². The summed E-state index contributed by atoms with van der Waals surface area (Å²) in [5.74, 6) is 0.163. The van der Waals surface area contributed by atoms with Crippen LogP contribution >= 0.6 is 11.6 Å². The quantitative estimate of drug-likeness (QED) is 0.789. The molecule has 0 bridgehead atoms. The van der Waals surface area contributed by atoms with Gasteiger partial charge in [0.15, 0.2) is 0 Å². The minimum absolute atomic E-state index is 0.0149. The zero-order chi connectivity index (χ0) is 19.6. The number of rotatable bonds is 3. The zero-order valence-electron chi connectivity index (χ0n) is 16.2. The Kier molecular flexibility index (Phi) is 6.40. The Balaban J connectivity index is 1.54. The molecule has 0 spiro atoms. The van der Waals surface area contributed by atoms with Gasteiger partial charge in [-0.15, -0.1) is 0 Å². The Morgan fingerprint density at radius 3 is 2.11 bits per heavy atom. The molecule has 3 unspecified atom stereocenters. The summed E-state index contributed by atoms with van der Waals surface area (Å²) in [6.07, 6.45) is 0.137. The first-order valence-electron chi connectivity index (χ1n) is 9.58. The van der Waals surface area contributed by atoms with Crippen molar-refractivity contribution >= 4 is 23.4 Å². The van der Waals surface area contributed by atoms with E-state index in [1.807, 2.05) is 30.6 Å². The lowest BCUT2D eigenvalue weighted by molar-refractivity contribution is -0.148. The van der Waals surface area contributed by atoms with Crippen LogP contribution < -0.4 is 0 Å². The fraction of sp³-hybridized carbons (Fsp3) is 0.600. The number of halogens is 1. The Bertz CT molecular complexity index is 664. The Morgan fingerprint density at radius 1 is 1.00 bits per heavy atom. The zero-order valence-corrected chi connectivity index (χ0v) is 17.0. The topological polar surface area (TPSA) is 53.1 Å². The number of nitrogens with zero attached hydrogens (tertiary/aromatic N) is 3. The van der Waals surface area contributed by atoms with Gasteiger partial charge in [-0.25, -0.2) is 0 Å². The molecular weight excluding hydrogens is 366 g/mol. The van der Waals surface area contributed by atoms with Crippen LogP contribution in [-0.4, -0.2) is 84.0 Å². The van der Waals surface area contributed by atoms with Gasteiger partial charge in [0.25, 0.3) is 5.91 Å². The summed E-state index contributed by atoms with van der Waals surface area (Å²) in [4.78, 5) is 31.4. The number of carbonyl (C=O) groups excluding carboxylic acids is 2. The van der Waals surface area contributed by atoms with Gasteiger partial charge in [-0.2, -0.15) is 0 Å². The van der Waals surface area contributed by atoms with Crippen LogP contribution in [0.1, 0.15) is 31.1 Å². The molecule has 1 aromatic carbocycles. The maximum absolute atomic E-state index is 12.9. The molecule has 3 atom stereocenters. The van der Waals surface area contributed by atoms with Gasteiger partial charge in [-0.05, 0) is 45.0 Å². The highest BCUT2D eigenvalue weighted by molar-refractivity contribution is 6.30. The SMILES string of the molecule is CC1CN(C(=O)C(C)N2CCN(C(=O)c3ccc(Cl)cc3)CC2)CC(C)O1. The summed E-state index contributed by atoms with van der Waals surface area (Å²) in [6, 6.07) is 6.79. The Labute approximate surface area is 166 Å². The van der Waals surface area contributed by atoms with E-state index in [1.54, 1.807) is 24.3 Å². The first-order valence-corrected chi connectivity index (χ1v) is 9.96. The van der Waals surface area contributed by atoms with Gasteiger partial charge in [-0.1, -0.05) is 11.6 Å². The predicted molar refractivity (Wildman–Crippen MR) is 105 cm³/mol. The van der Waals surface area contributed by atoms with Gasteiger partial charge in [0.2, 0.25) is 5.91 Å². The van der Waals surface area contributed by atoms with Crippen LogP contribution in [-0.2, 0) is 9.53 Å². The third kappa shape index (κ3) is 4.81. The molecule has 2 fully saturated rings. The van der Waals surface area contributed by atoms with Gasteiger partial charge in [0.1, 0.15) is 0 Å². The number of benzene rings is 1. The van der Waals surface area contributed by atoms with Crippen molar-refractivity contribution in [3.8, 4) is 0 Å². The lowest BCUT2D eigenvalue weighted by atomic mass is 10.1. The second-order valence-corrected chi connectivity index (χ2v) is 7.95. The van der Waals surface area contributed by atoms with E-state index in [4.69, 9.17) is 16.3 Å². The molecule has 0 aromatic heterocycles. The van der Waals surface area contributed by atoms with Crippen LogP contribution in [0.15, 0.2) is 24.3 Å². The van der Waals surface area contributed by atoms with Gasteiger partial charge in [0, 0.05) is 49.9 Å². The smallest absolute Gasteiger partial charge is 0.253 e. The average Bonchev–Trinajstić information content (AvgIpc) is 2.66. The van der Waals surface area contributed by atoms with E-state index in [0.29, 0.717) is 49.9 Å². The first-order chi connectivity index (χ1) is 12.8. The van der Waals surface area contributed by atoms with Crippen molar-refractivity contribution in [2.75, 3.05) is 39.3 Å². The molecule has 2 saturated heterocycles. The summed E-state index contributed by atoms with van der Waals surface area (Å²) in [5.41, 5.74) is 0.647. The van der Waals surface area contributed by atoms with Crippen LogP contribution in [0.4, 0.5) is 0 Å². The van der Waals surface area contributed by atoms with Crippen molar-refractivity contribution in [2.45, 2.75) is 39.0 Å². The van der Waals surface area contributed by atoms with Crippen LogP contribution in [0.5, 0.6) is 0 Å². The van der Waals surface area contributed by atoms with Crippen LogP contribution in [0.2, 0.25) is 5.02 Å². The molecule has 2 heterocycles. The average molecular weight is 394 g/mol. The lowest BCUT2D eigenvalue weighted by Crippen LogP contribution is -2.58. The van der Waals surface area contributed by atoms with E-state index in [0.717, 1.165) is 0 Å². The van der Waals surface area contributed by atoms with Gasteiger partial charge in [-0.3, -0.25) is 14.5 Å².